The van der Waals surface area contributed by atoms with E-state index in [1.807, 2.05) is 0 Å². The van der Waals surface area contributed by atoms with E-state index in [4.69, 9.17) is 16.3 Å². The molecular weight excluding hydrogens is 481 g/mol. The lowest BCUT2D eigenvalue weighted by molar-refractivity contribution is -0.150. The first-order valence-electron chi connectivity index (χ1n) is 10.1. The molecule has 2 atom stereocenters. The number of ether oxygens (including phenoxy) is 1. The first-order valence-corrected chi connectivity index (χ1v) is 11.7. The second kappa shape index (κ2) is 9.38. The van der Waals surface area contributed by atoms with E-state index in [0.717, 1.165) is 4.90 Å². The molecule has 184 valence electrons. The summed E-state index contributed by atoms with van der Waals surface area (Å²) in [5.74, 6) is -0.808. The average molecular weight is 509 g/mol. The lowest BCUT2D eigenvalue weighted by Crippen LogP contribution is -2.47. The molecule has 6 nitrogen and oxygen atoms in total. The molecule has 1 N–H and O–H groups in total. The maximum Gasteiger partial charge on any atom is 0.422 e. The Balaban J connectivity index is 2.53. The van der Waals surface area contributed by atoms with E-state index in [0.29, 0.717) is 0 Å². The molecule has 1 heterocycles. The van der Waals surface area contributed by atoms with Gasteiger partial charge in [-0.1, -0.05) is 17.2 Å². The van der Waals surface area contributed by atoms with Crippen LogP contribution >= 0.6 is 11.6 Å². The second-order valence-electron chi connectivity index (χ2n) is 9.73. The Morgan fingerprint density at radius 2 is 1.76 bits per heavy atom. The molecule has 0 saturated carbocycles. The highest BCUT2D eigenvalue weighted by Crippen LogP contribution is 2.42. The maximum absolute atomic E-state index is 13.8. The number of halogens is 4. The number of nitrogens with one attached hydrogen (secondary N) is 1. The fourth-order valence-electron chi connectivity index (χ4n) is 3.08. The van der Waals surface area contributed by atoms with Crippen molar-refractivity contribution in [3.8, 4) is 0 Å². The molecule has 0 saturated heterocycles. The molecule has 33 heavy (non-hydrogen) atoms. The number of alkyl halides is 3. The highest BCUT2D eigenvalue weighted by molar-refractivity contribution is 7.84. The van der Waals surface area contributed by atoms with E-state index in [1.54, 1.807) is 41.5 Å². The number of anilines is 1. The molecule has 0 spiro atoms. The third-order valence-corrected chi connectivity index (χ3v) is 6.45. The monoisotopic (exact) mass is 508 g/mol. The summed E-state index contributed by atoms with van der Waals surface area (Å²) in [7, 11) is -2.00. The van der Waals surface area contributed by atoms with Crippen LogP contribution in [0.3, 0.4) is 0 Å². The number of hydrogen-bond acceptors (Lipinski definition) is 4. The number of imide groups is 1. The Morgan fingerprint density at radius 1 is 1.18 bits per heavy atom. The van der Waals surface area contributed by atoms with E-state index in [-0.39, 0.29) is 27.4 Å². The summed E-state index contributed by atoms with van der Waals surface area (Å²) in [5.41, 5.74) is -0.504. The predicted molar refractivity (Wildman–Crippen MR) is 123 cm³/mol. The SMILES string of the molecule is C/C(C[C@H](NS(=O)C(C)(C)C)C(F)(F)F)=C1/C(=O)N(C(=O)OC(C)(C)C)c2ccc(Cl)cc21. The lowest BCUT2D eigenvalue weighted by atomic mass is 9.97. The minimum absolute atomic E-state index is 0.0651. The van der Waals surface area contributed by atoms with Crippen molar-refractivity contribution in [2.45, 2.75) is 77.5 Å². The van der Waals surface area contributed by atoms with Gasteiger partial charge in [-0.2, -0.15) is 13.2 Å². The number of fused-ring (bicyclic) bond motifs is 1. The number of amides is 2. The van der Waals surface area contributed by atoms with Crippen molar-refractivity contribution in [3.63, 3.8) is 0 Å². The highest BCUT2D eigenvalue weighted by atomic mass is 35.5. The molecule has 0 aliphatic carbocycles. The zero-order valence-corrected chi connectivity index (χ0v) is 21.1. The molecule has 1 unspecified atom stereocenters. The molecule has 1 aromatic rings. The summed E-state index contributed by atoms with van der Waals surface area (Å²) >= 11 is 6.07. The lowest BCUT2D eigenvalue weighted by Gasteiger charge is -2.26. The van der Waals surface area contributed by atoms with Gasteiger partial charge in [0.25, 0.3) is 5.91 Å². The zero-order chi connectivity index (χ0) is 25.5. The third kappa shape index (κ3) is 6.58. The Kier molecular flexibility index (Phi) is 7.77. The van der Waals surface area contributed by atoms with Crippen LogP contribution in [0, 0.1) is 0 Å². The Hall–Kier alpha value is -1.91. The quantitative estimate of drug-likeness (QED) is 0.524. The van der Waals surface area contributed by atoms with Crippen LogP contribution in [-0.2, 0) is 20.5 Å². The standard InChI is InChI=1S/C22H28ClF3N2O4S/c1-12(10-16(22(24,25)26)27-33(31)21(5,6)7)17-14-11-13(23)8-9-15(14)28(18(17)29)19(30)32-20(2,3)4/h8-9,11,16,27H,10H2,1-7H3/b17-12-/t16-,33?/m0/s1. The molecule has 0 fully saturated rings. The minimum atomic E-state index is -4.73. The molecule has 0 radical (unpaired) electrons. The molecule has 2 amide bonds. The zero-order valence-electron chi connectivity index (χ0n) is 19.5. The van der Waals surface area contributed by atoms with Crippen LogP contribution in [0.2, 0.25) is 5.02 Å². The molecule has 11 heteroatoms. The van der Waals surface area contributed by atoms with E-state index >= 15 is 0 Å². The fourth-order valence-corrected chi connectivity index (χ4v) is 4.08. The fraction of sp³-hybridized carbons (Fsp3) is 0.545. The van der Waals surface area contributed by atoms with Crippen LogP contribution in [0.25, 0.3) is 5.57 Å². The van der Waals surface area contributed by atoms with Crippen molar-refractivity contribution in [1.29, 1.82) is 0 Å². The first-order chi connectivity index (χ1) is 14.8. The van der Waals surface area contributed by atoms with Crippen LogP contribution in [0.1, 0.15) is 60.5 Å². The number of rotatable bonds is 4. The average Bonchev–Trinajstić information content (AvgIpc) is 2.88. The van der Waals surface area contributed by atoms with Gasteiger partial charge in [-0.3, -0.25) is 4.79 Å². The molecule has 0 bridgehead atoms. The molecule has 1 aliphatic rings. The minimum Gasteiger partial charge on any atom is -0.443 e. The predicted octanol–water partition coefficient (Wildman–Crippen LogP) is 5.77. The summed E-state index contributed by atoms with van der Waals surface area (Å²) in [6, 6.07) is 2.15. The van der Waals surface area contributed by atoms with Crippen molar-refractivity contribution in [3.05, 3.63) is 34.4 Å². The largest absolute Gasteiger partial charge is 0.443 e. The van der Waals surface area contributed by atoms with Gasteiger partial charge < -0.3 is 4.74 Å². The van der Waals surface area contributed by atoms with E-state index in [2.05, 4.69) is 4.72 Å². The van der Waals surface area contributed by atoms with Crippen molar-refractivity contribution in [2.24, 2.45) is 0 Å². The van der Waals surface area contributed by atoms with Gasteiger partial charge >= 0.3 is 12.3 Å². The number of carbonyl (C=O) groups excluding carboxylic acids is 2. The van der Waals surface area contributed by atoms with Crippen molar-refractivity contribution >= 4 is 45.8 Å². The van der Waals surface area contributed by atoms with E-state index in [9.17, 15) is 27.0 Å². The van der Waals surface area contributed by atoms with Crippen molar-refractivity contribution in [1.82, 2.24) is 4.72 Å². The number of nitrogens with zero attached hydrogens (tertiary/aromatic N) is 1. The van der Waals surface area contributed by atoms with E-state index in [1.165, 1.54) is 25.1 Å². The molecule has 0 aromatic heterocycles. The van der Waals surface area contributed by atoms with Crippen LogP contribution in [0.5, 0.6) is 0 Å². The Bertz CT molecular complexity index is 1010. The summed E-state index contributed by atoms with van der Waals surface area (Å²) in [6.45, 7) is 10.9. The third-order valence-electron chi connectivity index (χ3n) is 4.60. The molecule has 1 aromatic carbocycles. The molecule has 1 aliphatic heterocycles. The summed E-state index contributed by atoms with van der Waals surface area (Å²) in [6.07, 6.45) is -6.33. The summed E-state index contributed by atoms with van der Waals surface area (Å²) in [5, 5.41) is 0.247. The Morgan fingerprint density at radius 3 is 2.24 bits per heavy atom. The van der Waals surface area contributed by atoms with Gasteiger partial charge in [0.2, 0.25) is 0 Å². The number of benzene rings is 1. The van der Waals surface area contributed by atoms with Crippen LogP contribution in [-0.4, -0.2) is 38.8 Å². The number of hydrogen-bond donors (Lipinski definition) is 1. The highest BCUT2D eigenvalue weighted by Gasteiger charge is 2.44. The van der Waals surface area contributed by atoms with Gasteiger partial charge in [0.15, 0.2) is 0 Å². The normalized spacial score (nSPS) is 18.2. The van der Waals surface area contributed by atoms with Crippen LogP contribution in [0.4, 0.5) is 23.7 Å². The maximum atomic E-state index is 13.8. The Labute approximate surface area is 199 Å². The van der Waals surface area contributed by atoms with Crippen molar-refractivity contribution in [2.75, 3.05) is 4.90 Å². The van der Waals surface area contributed by atoms with Gasteiger partial charge in [0, 0.05) is 16.2 Å². The van der Waals surface area contributed by atoms with Gasteiger partial charge in [-0.25, -0.2) is 18.6 Å². The van der Waals surface area contributed by atoms with Gasteiger partial charge in [-0.05, 0) is 73.1 Å². The first kappa shape index (κ1) is 27.3. The molecular formula is C22H28ClF3N2O4S. The van der Waals surface area contributed by atoms with Crippen LogP contribution < -0.4 is 9.62 Å². The summed E-state index contributed by atoms with van der Waals surface area (Å²) in [4.78, 5) is 26.7. The summed E-state index contributed by atoms with van der Waals surface area (Å²) < 4.78 is 60.1. The smallest absolute Gasteiger partial charge is 0.422 e. The topological polar surface area (TPSA) is 75.7 Å². The van der Waals surface area contributed by atoms with Crippen LogP contribution in [0.15, 0.2) is 23.8 Å². The number of carbonyl (C=O) groups is 2. The second-order valence-corrected chi connectivity index (χ2v) is 12.2. The van der Waals surface area contributed by atoms with Gasteiger partial charge in [-0.15, -0.1) is 0 Å². The van der Waals surface area contributed by atoms with Gasteiger partial charge in [0.05, 0.1) is 21.4 Å². The van der Waals surface area contributed by atoms with E-state index < -0.39 is 52.0 Å². The van der Waals surface area contributed by atoms with Crippen molar-refractivity contribution < 1.29 is 31.7 Å². The van der Waals surface area contributed by atoms with Gasteiger partial charge in [0.1, 0.15) is 11.6 Å². The molecule has 2 rings (SSSR count).